The third-order valence-corrected chi connectivity index (χ3v) is 6.68. The summed E-state index contributed by atoms with van der Waals surface area (Å²) in [6, 6.07) is 11.6. The third-order valence-electron chi connectivity index (χ3n) is 5.27. The highest BCUT2D eigenvalue weighted by molar-refractivity contribution is 9.10. The number of allylic oxidation sites excluding steroid dienone is 1. The van der Waals surface area contributed by atoms with Crippen molar-refractivity contribution < 1.29 is 19.1 Å². The molecule has 0 aromatic heterocycles. The van der Waals surface area contributed by atoms with E-state index >= 15 is 0 Å². The molecule has 0 saturated carbocycles. The molecule has 1 aliphatic heterocycles. The van der Waals surface area contributed by atoms with Gasteiger partial charge in [0.1, 0.15) is 6.61 Å². The van der Waals surface area contributed by atoms with Gasteiger partial charge in [0.05, 0.1) is 11.5 Å². The Bertz CT molecular complexity index is 1060. The van der Waals surface area contributed by atoms with Crippen molar-refractivity contribution >= 4 is 44.9 Å². The number of imide groups is 1. The summed E-state index contributed by atoms with van der Waals surface area (Å²) in [6.45, 7) is 10.5. The molecule has 7 heteroatoms. The van der Waals surface area contributed by atoms with Crippen LogP contribution in [0.25, 0.3) is 6.08 Å². The van der Waals surface area contributed by atoms with Crippen molar-refractivity contribution in [1.82, 2.24) is 4.90 Å². The summed E-state index contributed by atoms with van der Waals surface area (Å²) in [5.74, 6) is 1.00. The number of rotatable bonds is 10. The maximum absolute atomic E-state index is 12.8. The summed E-state index contributed by atoms with van der Waals surface area (Å²) in [5, 5.41) is -0.230. The minimum absolute atomic E-state index is 0.131. The molecule has 0 N–H and O–H groups in total. The first-order valence-corrected chi connectivity index (χ1v) is 12.5. The maximum atomic E-state index is 12.8. The van der Waals surface area contributed by atoms with Gasteiger partial charge in [-0.05, 0) is 79.9 Å². The Morgan fingerprint density at radius 3 is 2.52 bits per heavy atom. The highest BCUT2D eigenvalue weighted by Crippen LogP contribution is 2.38. The smallest absolute Gasteiger partial charge is 0.293 e. The fourth-order valence-corrected chi connectivity index (χ4v) is 4.62. The Balaban J connectivity index is 1.94. The lowest BCUT2D eigenvalue weighted by atomic mass is 10.0. The fraction of sp³-hybridized carbons (Fsp3) is 0.308. The van der Waals surface area contributed by atoms with Gasteiger partial charge in [0.15, 0.2) is 11.5 Å². The van der Waals surface area contributed by atoms with Crippen LogP contribution in [0.2, 0.25) is 0 Å². The van der Waals surface area contributed by atoms with Crippen LogP contribution in [0.3, 0.4) is 0 Å². The zero-order valence-corrected chi connectivity index (χ0v) is 21.5. The van der Waals surface area contributed by atoms with Gasteiger partial charge in [-0.3, -0.25) is 14.5 Å². The Kier molecular flexibility index (Phi) is 8.80. The molecule has 1 saturated heterocycles. The van der Waals surface area contributed by atoms with Crippen molar-refractivity contribution in [3.63, 3.8) is 0 Å². The van der Waals surface area contributed by atoms with Crippen LogP contribution in [0.1, 0.15) is 43.9 Å². The van der Waals surface area contributed by atoms with Crippen LogP contribution < -0.4 is 9.47 Å². The molecule has 3 rings (SSSR count). The highest BCUT2D eigenvalue weighted by atomic mass is 79.9. The van der Waals surface area contributed by atoms with Crippen molar-refractivity contribution in [1.29, 1.82) is 0 Å². The molecule has 0 spiro atoms. The zero-order valence-electron chi connectivity index (χ0n) is 19.1. The molecule has 174 valence electrons. The first-order valence-electron chi connectivity index (χ1n) is 10.9. The van der Waals surface area contributed by atoms with Gasteiger partial charge < -0.3 is 9.47 Å². The van der Waals surface area contributed by atoms with Gasteiger partial charge in [-0.1, -0.05) is 41.1 Å². The average Bonchev–Trinajstić information content (AvgIpc) is 3.07. The van der Waals surface area contributed by atoms with Gasteiger partial charge in [-0.15, -0.1) is 6.58 Å². The molecule has 1 heterocycles. The number of ether oxygens (including phenoxy) is 2. The third kappa shape index (κ3) is 6.09. The first kappa shape index (κ1) is 25.1. The van der Waals surface area contributed by atoms with E-state index in [0.29, 0.717) is 42.5 Å². The molecular weight excluding hydrogens is 502 g/mol. The lowest BCUT2D eigenvalue weighted by molar-refractivity contribution is -0.124. The van der Waals surface area contributed by atoms with E-state index in [4.69, 9.17) is 9.47 Å². The molecule has 0 unspecified atom stereocenters. The number of benzene rings is 2. The predicted octanol–water partition coefficient (Wildman–Crippen LogP) is 6.99. The van der Waals surface area contributed by atoms with Crippen LogP contribution >= 0.6 is 27.7 Å². The molecule has 0 aliphatic carbocycles. The van der Waals surface area contributed by atoms with E-state index in [1.54, 1.807) is 12.2 Å². The van der Waals surface area contributed by atoms with Gasteiger partial charge in [-0.25, -0.2) is 0 Å². The van der Waals surface area contributed by atoms with Crippen LogP contribution in [0.4, 0.5) is 4.79 Å². The van der Waals surface area contributed by atoms with Crippen LogP contribution in [0.5, 0.6) is 11.5 Å². The second-order valence-electron chi connectivity index (χ2n) is 7.66. The van der Waals surface area contributed by atoms with Crippen LogP contribution in [0.15, 0.2) is 58.4 Å². The lowest BCUT2D eigenvalue weighted by Crippen LogP contribution is -2.36. The number of nitrogens with zero attached hydrogens (tertiary/aromatic N) is 1. The van der Waals surface area contributed by atoms with Crippen molar-refractivity contribution in [2.45, 2.75) is 46.3 Å². The number of halogens is 1. The van der Waals surface area contributed by atoms with E-state index in [9.17, 15) is 9.59 Å². The van der Waals surface area contributed by atoms with E-state index in [-0.39, 0.29) is 17.2 Å². The predicted molar refractivity (Wildman–Crippen MR) is 138 cm³/mol. The van der Waals surface area contributed by atoms with Crippen molar-refractivity contribution in [3.8, 4) is 11.5 Å². The first-order chi connectivity index (χ1) is 15.9. The summed E-state index contributed by atoms with van der Waals surface area (Å²) >= 11 is 4.42. The number of hydrogen-bond acceptors (Lipinski definition) is 5. The number of hydrogen-bond donors (Lipinski definition) is 0. The molecule has 2 amide bonds. The van der Waals surface area contributed by atoms with Gasteiger partial charge >= 0.3 is 0 Å². The molecule has 0 radical (unpaired) electrons. The van der Waals surface area contributed by atoms with Crippen LogP contribution in [-0.2, 0) is 17.8 Å². The molecule has 2 aromatic rings. The quantitative estimate of drug-likeness (QED) is 0.245. The molecule has 1 atom stereocenters. The Labute approximate surface area is 208 Å². The Morgan fingerprint density at radius 2 is 1.88 bits per heavy atom. The summed E-state index contributed by atoms with van der Waals surface area (Å²) in [7, 11) is 0. The number of carbonyl (C=O) groups excluding carboxylic acids is 2. The highest BCUT2D eigenvalue weighted by Gasteiger charge is 2.37. The lowest BCUT2D eigenvalue weighted by Gasteiger charge is -2.19. The second kappa shape index (κ2) is 11.6. The molecule has 1 fully saturated rings. The molecule has 5 nitrogen and oxygen atoms in total. The summed E-state index contributed by atoms with van der Waals surface area (Å²) in [4.78, 5) is 27.0. The van der Waals surface area contributed by atoms with Crippen molar-refractivity contribution in [2.75, 3.05) is 6.61 Å². The van der Waals surface area contributed by atoms with Crippen molar-refractivity contribution in [3.05, 3.63) is 75.1 Å². The van der Waals surface area contributed by atoms with Gasteiger partial charge in [0.2, 0.25) is 0 Å². The largest absolute Gasteiger partial charge is 0.490 e. The van der Waals surface area contributed by atoms with Crippen molar-refractivity contribution in [2.24, 2.45) is 0 Å². The van der Waals surface area contributed by atoms with E-state index in [0.717, 1.165) is 32.9 Å². The monoisotopic (exact) mass is 529 g/mol. The molecular formula is C26H28BrNO4S. The second-order valence-corrected chi connectivity index (χ2v) is 9.57. The molecule has 33 heavy (non-hydrogen) atoms. The standard InChI is InChI=1S/C26H28BrNO4S/c1-5-8-20-13-19(15-23-25(29)28(17(4)6-2)26(30)33-23)14-22(31-7-3)24(20)32-16-18-9-11-21(27)12-10-18/h5,9-15,17H,1,6-8,16H2,2-4H3/b23-15+/t17-/m1/s1. The molecule has 2 aromatic carbocycles. The van der Waals surface area contributed by atoms with Gasteiger partial charge in [0.25, 0.3) is 11.1 Å². The zero-order chi connectivity index (χ0) is 24.0. The number of amides is 2. The minimum atomic E-state index is -0.252. The Morgan fingerprint density at radius 1 is 1.15 bits per heavy atom. The van der Waals surface area contributed by atoms with Gasteiger partial charge in [-0.2, -0.15) is 0 Å². The minimum Gasteiger partial charge on any atom is -0.490 e. The molecule has 1 aliphatic rings. The topological polar surface area (TPSA) is 55.8 Å². The van der Waals surface area contributed by atoms with Gasteiger partial charge in [0, 0.05) is 16.1 Å². The van der Waals surface area contributed by atoms with E-state index in [1.807, 2.05) is 57.2 Å². The van der Waals surface area contributed by atoms with E-state index in [1.165, 1.54) is 4.90 Å². The van der Waals surface area contributed by atoms with Crippen LogP contribution in [-0.4, -0.2) is 28.7 Å². The molecule has 0 bridgehead atoms. The Hall–Kier alpha value is -2.51. The summed E-state index contributed by atoms with van der Waals surface area (Å²) < 4.78 is 13.1. The summed E-state index contributed by atoms with van der Waals surface area (Å²) in [6.07, 6.45) is 4.85. The van der Waals surface area contributed by atoms with E-state index in [2.05, 4.69) is 22.5 Å². The summed E-state index contributed by atoms with van der Waals surface area (Å²) in [5.41, 5.74) is 2.72. The number of carbonyl (C=O) groups is 2. The number of thioether (sulfide) groups is 1. The average molecular weight is 530 g/mol. The SMILES string of the molecule is C=CCc1cc(/C=C2/SC(=O)N([C@H](C)CC)C2=O)cc(OCC)c1OCc1ccc(Br)cc1. The maximum Gasteiger partial charge on any atom is 0.293 e. The van der Waals surface area contributed by atoms with Crippen LogP contribution in [0, 0.1) is 0 Å². The van der Waals surface area contributed by atoms with E-state index < -0.39 is 0 Å². The fourth-order valence-electron chi connectivity index (χ4n) is 3.43. The normalized spacial score (nSPS) is 15.8.